The van der Waals surface area contributed by atoms with Gasteiger partial charge in [0.1, 0.15) is 0 Å². The van der Waals surface area contributed by atoms with Crippen molar-refractivity contribution in [1.82, 2.24) is 10.2 Å². The summed E-state index contributed by atoms with van der Waals surface area (Å²) in [6, 6.07) is 6.17. The number of para-hydroxylation sites is 1. The molecule has 116 valence electrons. The Morgan fingerprint density at radius 1 is 1.05 bits per heavy atom. The number of nitrogens with one attached hydrogen (secondary N) is 1. The number of hydrogen-bond acceptors (Lipinski definition) is 4. The smallest absolute Gasteiger partial charge is 0.165 e. The highest BCUT2D eigenvalue weighted by Crippen LogP contribution is 2.33. The molecule has 1 N–H and O–H groups in total. The van der Waals surface area contributed by atoms with Crippen molar-refractivity contribution < 1.29 is 9.47 Å². The molecular weight excluding hydrogens is 264 g/mol. The fourth-order valence-corrected chi connectivity index (χ4v) is 3.05. The van der Waals surface area contributed by atoms with Crippen LogP contribution in [0.4, 0.5) is 0 Å². The van der Waals surface area contributed by atoms with Crippen LogP contribution in [0, 0.1) is 0 Å². The van der Waals surface area contributed by atoms with Gasteiger partial charge in [-0.2, -0.15) is 0 Å². The molecule has 0 amide bonds. The van der Waals surface area contributed by atoms with E-state index < -0.39 is 0 Å². The van der Waals surface area contributed by atoms with E-state index in [1.807, 2.05) is 6.07 Å². The molecule has 0 saturated carbocycles. The second-order valence-electron chi connectivity index (χ2n) is 5.87. The summed E-state index contributed by atoms with van der Waals surface area (Å²) in [6.07, 6.45) is 4.92. The largest absolute Gasteiger partial charge is 0.490 e. The average Bonchev–Trinajstić information content (AvgIpc) is 2.90. The van der Waals surface area contributed by atoms with Crippen LogP contribution in [0.15, 0.2) is 18.2 Å². The predicted octanol–water partition coefficient (Wildman–Crippen LogP) is 2.42. The SMILES string of the molecule is c1cc(CNCCCN2CCCC2)c2c(c1)OCCCO2. The lowest BCUT2D eigenvalue weighted by Crippen LogP contribution is -2.24. The van der Waals surface area contributed by atoms with Gasteiger partial charge in [0.05, 0.1) is 13.2 Å². The molecule has 0 aliphatic carbocycles. The number of fused-ring (bicyclic) bond motifs is 1. The third-order valence-electron chi connectivity index (χ3n) is 4.20. The number of nitrogens with zero attached hydrogens (tertiary/aromatic N) is 1. The molecule has 2 aliphatic rings. The second-order valence-corrected chi connectivity index (χ2v) is 5.87. The van der Waals surface area contributed by atoms with Crippen LogP contribution in [0.2, 0.25) is 0 Å². The molecule has 1 aromatic rings. The normalized spacial score (nSPS) is 18.7. The van der Waals surface area contributed by atoms with Crippen molar-refractivity contribution in [3.05, 3.63) is 23.8 Å². The van der Waals surface area contributed by atoms with Gasteiger partial charge in [-0.15, -0.1) is 0 Å². The molecule has 1 aromatic carbocycles. The molecule has 0 spiro atoms. The third kappa shape index (κ3) is 4.11. The van der Waals surface area contributed by atoms with Crippen LogP contribution in [0.1, 0.15) is 31.2 Å². The van der Waals surface area contributed by atoms with Crippen LogP contribution in [0.3, 0.4) is 0 Å². The Morgan fingerprint density at radius 3 is 2.81 bits per heavy atom. The van der Waals surface area contributed by atoms with Gasteiger partial charge in [0.2, 0.25) is 0 Å². The maximum atomic E-state index is 5.84. The number of rotatable bonds is 6. The highest BCUT2D eigenvalue weighted by molar-refractivity contribution is 5.46. The first-order chi connectivity index (χ1) is 10.4. The van der Waals surface area contributed by atoms with Gasteiger partial charge < -0.3 is 19.7 Å². The minimum Gasteiger partial charge on any atom is -0.490 e. The Bertz CT molecular complexity index is 444. The van der Waals surface area contributed by atoms with E-state index in [9.17, 15) is 0 Å². The molecule has 21 heavy (non-hydrogen) atoms. The van der Waals surface area contributed by atoms with Crippen LogP contribution in [0.25, 0.3) is 0 Å². The molecule has 4 nitrogen and oxygen atoms in total. The predicted molar refractivity (Wildman–Crippen MR) is 84.0 cm³/mol. The highest BCUT2D eigenvalue weighted by atomic mass is 16.5. The van der Waals surface area contributed by atoms with Crippen molar-refractivity contribution in [3.63, 3.8) is 0 Å². The van der Waals surface area contributed by atoms with Gasteiger partial charge in [0.25, 0.3) is 0 Å². The summed E-state index contributed by atoms with van der Waals surface area (Å²) in [4.78, 5) is 2.56. The van der Waals surface area contributed by atoms with Gasteiger partial charge in [0, 0.05) is 18.5 Å². The van der Waals surface area contributed by atoms with Gasteiger partial charge in [-0.1, -0.05) is 12.1 Å². The fraction of sp³-hybridized carbons (Fsp3) is 0.647. The molecule has 4 heteroatoms. The van der Waals surface area contributed by atoms with E-state index in [1.165, 1.54) is 44.5 Å². The minimum absolute atomic E-state index is 0.749. The lowest BCUT2D eigenvalue weighted by molar-refractivity contribution is 0.295. The Morgan fingerprint density at radius 2 is 1.90 bits per heavy atom. The summed E-state index contributed by atoms with van der Waals surface area (Å²) in [5.74, 6) is 1.82. The van der Waals surface area contributed by atoms with Crippen molar-refractivity contribution in [3.8, 4) is 11.5 Å². The van der Waals surface area contributed by atoms with E-state index in [4.69, 9.17) is 9.47 Å². The van der Waals surface area contributed by atoms with E-state index in [1.54, 1.807) is 0 Å². The zero-order valence-electron chi connectivity index (χ0n) is 12.8. The van der Waals surface area contributed by atoms with Crippen molar-refractivity contribution in [2.45, 2.75) is 32.2 Å². The summed E-state index contributed by atoms with van der Waals surface area (Å²) in [5.41, 5.74) is 1.20. The van der Waals surface area contributed by atoms with Crippen LogP contribution < -0.4 is 14.8 Å². The van der Waals surface area contributed by atoms with Gasteiger partial charge in [-0.05, 0) is 51.5 Å². The summed E-state index contributed by atoms with van der Waals surface area (Å²) in [7, 11) is 0. The molecule has 0 unspecified atom stereocenters. The number of hydrogen-bond donors (Lipinski definition) is 1. The standard InChI is InChI=1S/C17H26N2O2/c1-2-10-19(9-1)11-4-8-18-14-15-6-3-7-16-17(15)21-13-5-12-20-16/h3,6-7,18H,1-2,4-5,8-14H2. The molecule has 2 aliphatic heterocycles. The third-order valence-corrected chi connectivity index (χ3v) is 4.20. The van der Waals surface area contributed by atoms with Gasteiger partial charge in [-0.3, -0.25) is 0 Å². The first-order valence-corrected chi connectivity index (χ1v) is 8.24. The van der Waals surface area contributed by atoms with Crippen LogP contribution in [0.5, 0.6) is 11.5 Å². The molecule has 1 saturated heterocycles. The summed E-state index contributed by atoms with van der Waals surface area (Å²) in [5, 5.41) is 3.53. The van der Waals surface area contributed by atoms with Crippen LogP contribution >= 0.6 is 0 Å². The molecule has 1 fully saturated rings. The van der Waals surface area contributed by atoms with Gasteiger partial charge in [-0.25, -0.2) is 0 Å². The first kappa shape index (κ1) is 14.7. The topological polar surface area (TPSA) is 33.7 Å². The van der Waals surface area contributed by atoms with Gasteiger partial charge in [0.15, 0.2) is 11.5 Å². The Kier molecular flexibility index (Phi) is 5.35. The zero-order chi connectivity index (χ0) is 14.3. The lowest BCUT2D eigenvalue weighted by Gasteiger charge is -2.15. The monoisotopic (exact) mass is 290 g/mol. The summed E-state index contributed by atoms with van der Waals surface area (Å²) < 4.78 is 11.6. The molecule has 0 atom stereocenters. The average molecular weight is 290 g/mol. The maximum Gasteiger partial charge on any atom is 0.165 e. The summed E-state index contributed by atoms with van der Waals surface area (Å²) >= 11 is 0. The molecule has 0 radical (unpaired) electrons. The van der Waals surface area contributed by atoms with E-state index in [0.717, 1.165) is 44.2 Å². The molecule has 3 rings (SSSR count). The first-order valence-electron chi connectivity index (χ1n) is 8.24. The number of benzene rings is 1. The zero-order valence-corrected chi connectivity index (χ0v) is 12.8. The molecule has 0 aromatic heterocycles. The van der Waals surface area contributed by atoms with Crippen molar-refractivity contribution in [1.29, 1.82) is 0 Å². The van der Waals surface area contributed by atoms with Crippen molar-refractivity contribution in [2.24, 2.45) is 0 Å². The Balaban J connectivity index is 1.44. The number of ether oxygens (including phenoxy) is 2. The molecular formula is C17H26N2O2. The van der Waals surface area contributed by atoms with E-state index >= 15 is 0 Å². The van der Waals surface area contributed by atoms with Crippen molar-refractivity contribution in [2.75, 3.05) is 39.4 Å². The second kappa shape index (κ2) is 7.66. The van der Waals surface area contributed by atoms with Crippen LogP contribution in [-0.4, -0.2) is 44.3 Å². The lowest BCUT2D eigenvalue weighted by atomic mass is 10.2. The van der Waals surface area contributed by atoms with E-state index in [0.29, 0.717) is 0 Å². The maximum absolute atomic E-state index is 5.84. The van der Waals surface area contributed by atoms with Gasteiger partial charge >= 0.3 is 0 Å². The molecule has 2 heterocycles. The highest BCUT2D eigenvalue weighted by Gasteiger charge is 2.14. The fourth-order valence-electron chi connectivity index (χ4n) is 3.05. The quantitative estimate of drug-likeness (QED) is 0.816. The minimum atomic E-state index is 0.749. The van der Waals surface area contributed by atoms with Crippen molar-refractivity contribution >= 4 is 0 Å². The summed E-state index contributed by atoms with van der Waals surface area (Å²) in [6.45, 7) is 7.21. The Hall–Kier alpha value is -1.26. The van der Waals surface area contributed by atoms with E-state index in [2.05, 4.69) is 22.3 Å². The van der Waals surface area contributed by atoms with Crippen LogP contribution in [-0.2, 0) is 6.54 Å². The molecule has 0 bridgehead atoms. The number of likely N-dealkylation sites (tertiary alicyclic amines) is 1. The van der Waals surface area contributed by atoms with E-state index in [-0.39, 0.29) is 0 Å². The Labute approximate surface area is 127 Å².